The molecular weight excluding hydrogens is 557 g/mol. The summed E-state index contributed by atoms with van der Waals surface area (Å²) in [6, 6.07) is 6.35. The molecule has 0 radical (unpaired) electrons. The van der Waals surface area contributed by atoms with Crippen LogP contribution in [-0.4, -0.2) is 44.7 Å². The molecule has 8 nitrogen and oxygen atoms in total. The van der Waals surface area contributed by atoms with E-state index < -0.39 is 31.7 Å². The summed E-state index contributed by atoms with van der Waals surface area (Å²) in [6.07, 6.45) is 0.930. The van der Waals surface area contributed by atoms with Crippen molar-refractivity contribution < 1.29 is 34.2 Å². The molecule has 0 aromatic heterocycles. The second-order valence-corrected chi connectivity index (χ2v) is 10.4. The summed E-state index contributed by atoms with van der Waals surface area (Å²) >= 11 is 6.74. The summed E-state index contributed by atoms with van der Waals surface area (Å²) in [5.41, 5.74) is 0.367. The third-order valence-electron chi connectivity index (χ3n) is 5.03. The van der Waals surface area contributed by atoms with Gasteiger partial charge in [-0.15, -0.1) is 0 Å². The van der Waals surface area contributed by atoms with Crippen LogP contribution in [0.5, 0.6) is 17.2 Å². The lowest BCUT2D eigenvalue weighted by Gasteiger charge is -2.22. The number of phenolic OH excluding ortho intramolecular Hbond substituents is 1. The Morgan fingerprint density at radius 3 is 2.45 bits per heavy atom. The molecule has 3 unspecified atom stereocenters. The number of aromatic hydroxyl groups is 1. The number of carbonyl (C=O) groups is 2. The number of phenols is 1. The zero-order valence-electron chi connectivity index (χ0n) is 16.3. The number of halogens is 2. The topological polar surface area (TPSA) is 124 Å². The molecule has 3 rings (SSSR count). The van der Waals surface area contributed by atoms with Crippen LogP contribution in [0.4, 0.5) is 0 Å². The number of carboxylic acid groups (broad SMARTS) is 1. The molecule has 2 aromatic carbocycles. The minimum Gasteiger partial charge on any atom is -0.507 e. The highest BCUT2D eigenvalue weighted by molar-refractivity contribution is 9.11. The minimum absolute atomic E-state index is 0.0626. The van der Waals surface area contributed by atoms with Crippen LogP contribution in [0, 0.1) is 0 Å². The van der Waals surface area contributed by atoms with Crippen molar-refractivity contribution in [2.75, 3.05) is 6.54 Å². The molecule has 11 heteroatoms. The predicted octanol–water partition coefficient (Wildman–Crippen LogP) is 4.32. The van der Waals surface area contributed by atoms with Gasteiger partial charge in [0.2, 0.25) is 0 Å². The van der Waals surface area contributed by atoms with Gasteiger partial charge in [-0.2, -0.15) is 0 Å². The molecule has 2 aromatic rings. The van der Waals surface area contributed by atoms with Crippen molar-refractivity contribution in [3.8, 4) is 17.2 Å². The molecule has 1 saturated heterocycles. The van der Waals surface area contributed by atoms with Gasteiger partial charge in [-0.25, -0.2) is 4.79 Å². The van der Waals surface area contributed by atoms with E-state index in [9.17, 15) is 29.5 Å². The average Bonchev–Trinajstić information content (AvgIpc) is 3.21. The number of carboxylic acids is 1. The van der Waals surface area contributed by atoms with E-state index >= 15 is 0 Å². The zero-order chi connectivity index (χ0) is 22.9. The lowest BCUT2D eigenvalue weighted by molar-refractivity contribution is -0.141. The summed E-state index contributed by atoms with van der Waals surface area (Å²) in [5.74, 6) is -1.37. The molecule has 1 aliphatic rings. The number of carbonyl (C=O) groups excluding carboxylic acids is 1. The summed E-state index contributed by atoms with van der Waals surface area (Å²) in [4.78, 5) is 25.5. The third kappa shape index (κ3) is 4.98. The number of rotatable bonds is 6. The van der Waals surface area contributed by atoms with Crippen LogP contribution in [0.1, 0.15) is 35.7 Å². The lowest BCUT2D eigenvalue weighted by atomic mass is 10.1. The number of aliphatic hydroxyl groups is 1. The van der Waals surface area contributed by atoms with E-state index in [4.69, 9.17) is 4.74 Å². The molecular formula is C20H20Br2NO7P. The molecule has 166 valence electrons. The highest BCUT2D eigenvalue weighted by Gasteiger charge is 2.35. The maximum absolute atomic E-state index is 12.9. The fourth-order valence-electron chi connectivity index (χ4n) is 3.31. The zero-order valence-corrected chi connectivity index (χ0v) is 20.7. The van der Waals surface area contributed by atoms with Crippen molar-refractivity contribution in [1.29, 1.82) is 0 Å². The Bertz CT molecular complexity index is 1040. The first-order chi connectivity index (χ1) is 14.5. The van der Waals surface area contributed by atoms with Gasteiger partial charge in [0.15, 0.2) is 5.75 Å². The SMILES string of the molecule is CC(O)([PH2]=O)c1cc(Br)c(Oc2ccc(O)c(C(=O)N3CCCC3C(=O)O)c2)c(Br)c1. The molecule has 0 bridgehead atoms. The van der Waals surface area contributed by atoms with Crippen LogP contribution < -0.4 is 4.74 Å². The van der Waals surface area contributed by atoms with Crippen molar-refractivity contribution in [2.24, 2.45) is 0 Å². The van der Waals surface area contributed by atoms with Crippen molar-refractivity contribution >= 4 is 52.2 Å². The largest absolute Gasteiger partial charge is 0.507 e. The molecule has 0 aliphatic carbocycles. The average molecular weight is 577 g/mol. The van der Waals surface area contributed by atoms with Gasteiger partial charge >= 0.3 is 5.97 Å². The van der Waals surface area contributed by atoms with E-state index in [1.807, 2.05) is 0 Å². The number of nitrogens with zero attached hydrogens (tertiary/aromatic N) is 1. The van der Waals surface area contributed by atoms with Gasteiger partial charge in [-0.3, -0.25) is 4.79 Å². The minimum atomic E-state index is -1.48. The maximum Gasteiger partial charge on any atom is 0.326 e. The second kappa shape index (κ2) is 9.32. The summed E-state index contributed by atoms with van der Waals surface area (Å²) < 4.78 is 18.2. The molecule has 31 heavy (non-hydrogen) atoms. The van der Waals surface area contributed by atoms with Gasteiger partial charge in [0.05, 0.1) is 23.0 Å². The molecule has 1 fully saturated rings. The van der Waals surface area contributed by atoms with Crippen LogP contribution >= 0.6 is 40.3 Å². The Balaban J connectivity index is 1.92. The van der Waals surface area contributed by atoms with Gasteiger partial charge in [-0.1, -0.05) is 0 Å². The van der Waals surface area contributed by atoms with Gasteiger partial charge < -0.3 is 29.5 Å². The maximum atomic E-state index is 12.9. The highest BCUT2D eigenvalue weighted by Crippen LogP contribution is 2.43. The molecule has 1 aliphatic heterocycles. The van der Waals surface area contributed by atoms with Gasteiger partial charge in [0, 0.05) is 6.54 Å². The third-order valence-corrected chi connectivity index (χ3v) is 7.00. The van der Waals surface area contributed by atoms with Crippen molar-refractivity contribution in [3.63, 3.8) is 0 Å². The molecule has 1 heterocycles. The van der Waals surface area contributed by atoms with Gasteiger partial charge in [-0.05, 0) is 87.5 Å². The molecule has 0 spiro atoms. The Morgan fingerprint density at radius 1 is 1.23 bits per heavy atom. The standard InChI is InChI=1S/C20H20Br2NO7P/c1-20(28,31-29)10-7-13(21)17(14(22)8-10)30-11-4-5-16(24)12(9-11)18(25)23-6-2-3-15(23)19(26)27/h4-5,7-9,15,24,28H,2-3,6,31H2,1H3,(H,26,27). The summed E-state index contributed by atoms with van der Waals surface area (Å²) in [6.45, 7) is 1.74. The Kier molecular flexibility index (Phi) is 7.15. The fourth-order valence-corrected chi connectivity index (χ4v) is 4.96. The quantitative estimate of drug-likeness (QED) is 0.437. The first-order valence-corrected chi connectivity index (χ1v) is 11.9. The molecule has 1 amide bonds. The van der Waals surface area contributed by atoms with Crippen LogP contribution in [0.2, 0.25) is 0 Å². The number of amides is 1. The second-order valence-electron chi connectivity index (χ2n) is 7.31. The van der Waals surface area contributed by atoms with Crippen LogP contribution in [0.15, 0.2) is 39.3 Å². The molecule has 3 N–H and O–H groups in total. The fraction of sp³-hybridized carbons (Fsp3) is 0.300. The first kappa shape index (κ1) is 23.8. The Hall–Kier alpha value is -1.87. The summed E-state index contributed by atoms with van der Waals surface area (Å²) in [5, 5.41) is 28.3. The van der Waals surface area contributed by atoms with E-state index in [1.54, 1.807) is 12.1 Å². The number of likely N-dealkylation sites (tertiary alicyclic amines) is 1. The Labute approximate surface area is 196 Å². The van der Waals surface area contributed by atoms with E-state index in [0.717, 1.165) is 0 Å². The highest BCUT2D eigenvalue weighted by atomic mass is 79.9. The van der Waals surface area contributed by atoms with Crippen molar-refractivity contribution in [3.05, 3.63) is 50.4 Å². The van der Waals surface area contributed by atoms with E-state index in [0.29, 0.717) is 39.6 Å². The number of ether oxygens (including phenoxy) is 1. The molecule has 0 saturated carbocycles. The predicted molar refractivity (Wildman–Crippen MR) is 122 cm³/mol. The Morgan fingerprint density at radius 2 is 1.87 bits per heavy atom. The lowest BCUT2D eigenvalue weighted by Crippen LogP contribution is -2.40. The first-order valence-electron chi connectivity index (χ1n) is 9.28. The number of hydrogen-bond donors (Lipinski definition) is 3. The van der Waals surface area contributed by atoms with Crippen LogP contribution in [-0.2, 0) is 14.7 Å². The van der Waals surface area contributed by atoms with Crippen molar-refractivity contribution in [2.45, 2.75) is 31.1 Å². The van der Waals surface area contributed by atoms with E-state index in [2.05, 4.69) is 31.9 Å². The van der Waals surface area contributed by atoms with Crippen LogP contribution in [0.3, 0.4) is 0 Å². The number of benzene rings is 2. The molecule has 3 atom stereocenters. The number of hydrogen-bond acceptors (Lipinski definition) is 6. The normalized spacial score (nSPS) is 18.3. The van der Waals surface area contributed by atoms with Crippen molar-refractivity contribution in [1.82, 2.24) is 4.90 Å². The van der Waals surface area contributed by atoms with E-state index in [1.165, 1.54) is 30.0 Å². The van der Waals surface area contributed by atoms with E-state index in [-0.39, 0.29) is 17.1 Å². The van der Waals surface area contributed by atoms with Gasteiger partial charge in [0.25, 0.3) is 5.91 Å². The monoisotopic (exact) mass is 575 g/mol. The number of aliphatic carboxylic acids is 1. The van der Waals surface area contributed by atoms with Crippen LogP contribution in [0.25, 0.3) is 0 Å². The van der Waals surface area contributed by atoms with Gasteiger partial charge in [0.1, 0.15) is 22.9 Å². The smallest absolute Gasteiger partial charge is 0.326 e. The summed E-state index contributed by atoms with van der Waals surface area (Å²) in [7, 11) is -1.48.